The molecule has 0 saturated carbocycles. The molecular weight excluding hydrogens is 166 g/mol. The topological polar surface area (TPSA) is 67.2 Å². The van der Waals surface area contributed by atoms with Crippen LogP contribution in [0, 0.1) is 0 Å². The zero-order chi connectivity index (χ0) is 10.6. The van der Waals surface area contributed by atoms with Crippen LogP contribution in [0.5, 0.6) is 0 Å². The fourth-order valence-corrected chi connectivity index (χ4v) is 1.00. The van der Waals surface area contributed by atoms with Crippen LogP contribution in [0.2, 0.25) is 0 Å². The van der Waals surface area contributed by atoms with Crippen LogP contribution in [0.15, 0.2) is 0 Å². The smallest absolute Gasteiger partial charge is 0.238 e. The maximum Gasteiger partial charge on any atom is 0.238 e. The third-order valence-corrected chi connectivity index (χ3v) is 1.42. The summed E-state index contributed by atoms with van der Waals surface area (Å²) in [7, 11) is 0. The van der Waals surface area contributed by atoms with Crippen molar-refractivity contribution < 1.29 is 4.79 Å². The summed E-state index contributed by atoms with van der Waals surface area (Å²) in [6, 6.07) is 0.0875. The lowest BCUT2D eigenvalue weighted by Crippen LogP contribution is -2.56. The molecule has 0 rings (SSSR count). The minimum Gasteiger partial charge on any atom is -0.337 e. The molecule has 0 radical (unpaired) electrons. The van der Waals surface area contributed by atoms with Gasteiger partial charge < -0.3 is 16.4 Å². The predicted molar refractivity (Wildman–Crippen MR) is 54.1 cm³/mol. The highest BCUT2D eigenvalue weighted by molar-refractivity contribution is 5.81. The SMILES string of the molecule is CC(C)N[C@@H](C)C(=O)NC(C)(C)N. The van der Waals surface area contributed by atoms with Crippen molar-refractivity contribution in [2.45, 2.75) is 52.4 Å². The molecule has 4 N–H and O–H groups in total. The van der Waals surface area contributed by atoms with Gasteiger partial charge in [0.05, 0.1) is 11.7 Å². The first-order valence-electron chi connectivity index (χ1n) is 4.59. The van der Waals surface area contributed by atoms with Gasteiger partial charge in [-0.1, -0.05) is 13.8 Å². The fourth-order valence-electron chi connectivity index (χ4n) is 1.00. The Bertz CT molecular complexity index is 172. The van der Waals surface area contributed by atoms with Crippen LogP contribution in [0.4, 0.5) is 0 Å². The Labute approximate surface area is 80.3 Å². The van der Waals surface area contributed by atoms with Gasteiger partial charge in [0.1, 0.15) is 0 Å². The highest BCUT2D eigenvalue weighted by atomic mass is 16.2. The minimum absolute atomic E-state index is 0.0683. The van der Waals surface area contributed by atoms with Crippen LogP contribution < -0.4 is 16.4 Å². The Hall–Kier alpha value is -0.610. The van der Waals surface area contributed by atoms with Crippen LogP contribution in [-0.4, -0.2) is 23.7 Å². The first-order valence-corrected chi connectivity index (χ1v) is 4.59. The van der Waals surface area contributed by atoms with Crippen molar-refractivity contribution in [3.05, 3.63) is 0 Å². The molecule has 1 amide bonds. The van der Waals surface area contributed by atoms with Gasteiger partial charge in [-0.05, 0) is 20.8 Å². The van der Waals surface area contributed by atoms with E-state index >= 15 is 0 Å². The first-order chi connectivity index (χ1) is 5.72. The molecule has 0 aliphatic rings. The molecule has 1 atom stereocenters. The van der Waals surface area contributed by atoms with E-state index in [4.69, 9.17) is 5.73 Å². The Morgan fingerprint density at radius 1 is 1.31 bits per heavy atom. The molecule has 0 spiro atoms. The molecule has 0 aromatic carbocycles. The van der Waals surface area contributed by atoms with Crippen molar-refractivity contribution in [2.24, 2.45) is 5.73 Å². The molecule has 0 unspecified atom stereocenters. The molecule has 0 fully saturated rings. The van der Waals surface area contributed by atoms with Crippen molar-refractivity contribution >= 4 is 5.91 Å². The number of carbonyl (C=O) groups excluding carboxylic acids is 1. The zero-order valence-electron chi connectivity index (χ0n) is 9.14. The first kappa shape index (κ1) is 12.4. The molecule has 0 saturated heterocycles. The Morgan fingerprint density at radius 2 is 1.77 bits per heavy atom. The molecule has 0 aromatic heterocycles. The average molecular weight is 187 g/mol. The van der Waals surface area contributed by atoms with E-state index in [-0.39, 0.29) is 11.9 Å². The number of carbonyl (C=O) groups is 1. The second-order valence-corrected chi connectivity index (χ2v) is 4.25. The van der Waals surface area contributed by atoms with Crippen LogP contribution >= 0.6 is 0 Å². The average Bonchev–Trinajstić information content (AvgIpc) is 1.81. The predicted octanol–water partition coefficient (Wildman–Crippen LogP) is 0.184. The number of hydrogen-bond donors (Lipinski definition) is 3. The molecule has 13 heavy (non-hydrogen) atoms. The maximum absolute atomic E-state index is 11.4. The molecule has 78 valence electrons. The quantitative estimate of drug-likeness (QED) is 0.550. The summed E-state index contributed by atoms with van der Waals surface area (Å²) in [5.41, 5.74) is 5.00. The van der Waals surface area contributed by atoms with Crippen molar-refractivity contribution in [3.63, 3.8) is 0 Å². The summed E-state index contributed by atoms with van der Waals surface area (Å²) in [6.45, 7) is 9.33. The molecule has 4 heteroatoms. The standard InChI is InChI=1S/C9H21N3O/c1-6(2)11-7(3)8(13)12-9(4,5)10/h6-7,11H,10H2,1-5H3,(H,12,13)/t7-/m0/s1. The van der Waals surface area contributed by atoms with Crippen LogP contribution in [-0.2, 0) is 4.79 Å². The van der Waals surface area contributed by atoms with E-state index < -0.39 is 5.66 Å². The molecule has 0 heterocycles. The summed E-state index contributed by atoms with van der Waals surface area (Å²) in [5.74, 6) is -0.0683. The van der Waals surface area contributed by atoms with Gasteiger partial charge in [-0.3, -0.25) is 4.79 Å². The Balaban J connectivity index is 3.97. The maximum atomic E-state index is 11.4. The molecule has 0 aliphatic heterocycles. The summed E-state index contributed by atoms with van der Waals surface area (Å²) in [6.07, 6.45) is 0. The van der Waals surface area contributed by atoms with E-state index in [1.807, 2.05) is 20.8 Å². The number of nitrogens with one attached hydrogen (secondary N) is 2. The number of nitrogens with two attached hydrogens (primary N) is 1. The van der Waals surface area contributed by atoms with Crippen molar-refractivity contribution in [1.29, 1.82) is 0 Å². The molecule has 4 nitrogen and oxygen atoms in total. The van der Waals surface area contributed by atoms with E-state index in [1.165, 1.54) is 0 Å². The van der Waals surface area contributed by atoms with Crippen molar-refractivity contribution in [2.75, 3.05) is 0 Å². The molecular formula is C9H21N3O. The van der Waals surface area contributed by atoms with Crippen molar-refractivity contribution in [3.8, 4) is 0 Å². The second kappa shape index (κ2) is 4.58. The minimum atomic E-state index is -0.649. The van der Waals surface area contributed by atoms with Gasteiger partial charge in [-0.2, -0.15) is 0 Å². The Morgan fingerprint density at radius 3 is 2.08 bits per heavy atom. The molecule has 0 bridgehead atoms. The van der Waals surface area contributed by atoms with Crippen LogP contribution in [0.1, 0.15) is 34.6 Å². The monoisotopic (exact) mass is 187 g/mol. The normalized spacial score (nSPS) is 14.4. The lowest BCUT2D eigenvalue weighted by atomic mass is 10.2. The lowest BCUT2D eigenvalue weighted by Gasteiger charge is -2.24. The summed E-state index contributed by atoms with van der Waals surface area (Å²) < 4.78 is 0. The van der Waals surface area contributed by atoms with Gasteiger partial charge in [0.25, 0.3) is 0 Å². The fraction of sp³-hybridized carbons (Fsp3) is 0.889. The van der Waals surface area contributed by atoms with Gasteiger partial charge >= 0.3 is 0 Å². The van der Waals surface area contributed by atoms with Crippen LogP contribution in [0.3, 0.4) is 0 Å². The third kappa shape index (κ3) is 6.54. The summed E-state index contributed by atoms with van der Waals surface area (Å²) >= 11 is 0. The number of rotatable bonds is 4. The molecule has 0 aromatic rings. The van der Waals surface area contributed by atoms with Gasteiger partial charge in [-0.15, -0.1) is 0 Å². The number of amides is 1. The van der Waals surface area contributed by atoms with Crippen LogP contribution in [0.25, 0.3) is 0 Å². The van der Waals surface area contributed by atoms with Gasteiger partial charge in [0.2, 0.25) is 5.91 Å². The van der Waals surface area contributed by atoms with Gasteiger partial charge in [0, 0.05) is 6.04 Å². The number of hydrogen-bond acceptors (Lipinski definition) is 3. The Kier molecular flexibility index (Phi) is 4.36. The largest absolute Gasteiger partial charge is 0.337 e. The highest BCUT2D eigenvalue weighted by Crippen LogP contribution is 1.93. The van der Waals surface area contributed by atoms with E-state index in [2.05, 4.69) is 10.6 Å². The third-order valence-electron chi connectivity index (χ3n) is 1.42. The van der Waals surface area contributed by atoms with E-state index in [1.54, 1.807) is 13.8 Å². The summed E-state index contributed by atoms with van der Waals surface area (Å²) in [4.78, 5) is 11.4. The lowest BCUT2D eigenvalue weighted by molar-refractivity contribution is -0.124. The van der Waals surface area contributed by atoms with E-state index in [0.29, 0.717) is 6.04 Å². The zero-order valence-corrected chi connectivity index (χ0v) is 9.14. The highest BCUT2D eigenvalue weighted by Gasteiger charge is 2.19. The van der Waals surface area contributed by atoms with E-state index in [9.17, 15) is 4.79 Å². The summed E-state index contributed by atoms with van der Waals surface area (Å²) in [5, 5.41) is 5.80. The molecule has 0 aliphatic carbocycles. The van der Waals surface area contributed by atoms with E-state index in [0.717, 1.165) is 0 Å². The second-order valence-electron chi connectivity index (χ2n) is 4.25. The van der Waals surface area contributed by atoms with Crippen molar-refractivity contribution in [1.82, 2.24) is 10.6 Å². The van der Waals surface area contributed by atoms with Gasteiger partial charge in [0.15, 0.2) is 0 Å². The van der Waals surface area contributed by atoms with Gasteiger partial charge in [-0.25, -0.2) is 0 Å².